The van der Waals surface area contributed by atoms with Crippen LogP contribution < -0.4 is 4.90 Å². The summed E-state index contributed by atoms with van der Waals surface area (Å²) in [6.07, 6.45) is 1.23. The number of carbonyl (C=O) groups excluding carboxylic acids is 3. The highest BCUT2D eigenvalue weighted by Gasteiger charge is 2.31. The van der Waals surface area contributed by atoms with E-state index in [1.54, 1.807) is 48.2 Å². The zero-order chi connectivity index (χ0) is 17.1. The fraction of sp³-hybridized carbons (Fsp3) is 0.353. The Balaban J connectivity index is 2.16. The van der Waals surface area contributed by atoms with Gasteiger partial charge in [-0.2, -0.15) is 0 Å². The van der Waals surface area contributed by atoms with Gasteiger partial charge in [-0.3, -0.25) is 14.4 Å². The average molecular weight is 315 g/mol. The van der Waals surface area contributed by atoms with Crippen molar-refractivity contribution in [2.75, 3.05) is 32.1 Å². The molecular formula is C17H21N3O3. The number of carbonyl (C=O) groups is 3. The van der Waals surface area contributed by atoms with Gasteiger partial charge in [-0.1, -0.05) is 6.58 Å². The molecule has 1 aromatic carbocycles. The number of hydrogen-bond donors (Lipinski definition) is 0. The van der Waals surface area contributed by atoms with E-state index in [1.807, 2.05) is 6.92 Å². The Morgan fingerprint density at radius 1 is 1.30 bits per heavy atom. The predicted molar refractivity (Wildman–Crippen MR) is 88.2 cm³/mol. The maximum atomic E-state index is 12.6. The van der Waals surface area contributed by atoms with E-state index in [-0.39, 0.29) is 30.3 Å². The Bertz CT molecular complexity index is 639. The topological polar surface area (TPSA) is 60.9 Å². The molecule has 1 aliphatic rings. The number of benzene rings is 1. The lowest BCUT2D eigenvalue weighted by Crippen LogP contribution is -2.55. The average Bonchev–Trinajstić information content (AvgIpc) is 2.56. The van der Waals surface area contributed by atoms with E-state index in [2.05, 4.69) is 6.58 Å². The van der Waals surface area contributed by atoms with Gasteiger partial charge in [0.2, 0.25) is 11.8 Å². The first-order valence-electron chi connectivity index (χ1n) is 7.40. The third-order valence-corrected chi connectivity index (χ3v) is 4.07. The van der Waals surface area contributed by atoms with Crippen molar-refractivity contribution >= 4 is 23.4 Å². The molecule has 6 nitrogen and oxygen atoms in total. The van der Waals surface area contributed by atoms with Crippen LogP contribution in [0.25, 0.3) is 0 Å². The Labute approximate surface area is 136 Å². The minimum Gasteiger partial charge on any atom is -0.342 e. The lowest BCUT2D eigenvalue weighted by atomic mass is 10.1. The Morgan fingerprint density at radius 3 is 2.48 bits per heavy atom. The number of hydrogen-bond acceptors (Lipinski definition) is 3. The van der Waals surface area contributed by atoms with E-state index in [4.69, 9.17) is 0 Å². The van der Waals surface area contributed by atoms with Crippen LogP contribution in [0.4, 0.5) is 5.69 Å². The molecule has 3 amide bonds. The van der Waals surface area contributed by atoms with Crippen molar-refractivity contribution in [3.05, 3.63) is 42.5 Å². The van der Waals surface area contributed by atoms with Crippen molar-refractivity contribution in [1.82, 2.24) is 9.80 Å². The van der Waals surface area contributed by atoms with Gasteiger partial charge in [0.05, 0.1) is 0 Å². The van der Waals surface area contributed by atoms with Crippen LogP contribution in [0.3, 0.4) is 0 Å². The minimum absolute atomic E-state index is 0.0325. The summed E-state index contributed by atoms with van der Waals surface area (Å²) >= 11 is 0. The zero-order valence-electron chi connectivity index (χ0n) is 13.7. The fourth-order valence-corrected chi connectivity index (χ4v) is 2.55. The highest BCUT2D eigenvalue weighted by Crippen LogP contribution is 2.18. The summed E-state index contributed by atoms with van der Waals surface area (Å²) in [5, 5.41) is 0. The molecule has 1 heterocycles. The number of nitrogens with zero attached hydrogens (tertiary/aromatic N) is 3. The van der Waals surface area contributed by atoms with Crippen LogP contribution in [0.1, 0.15) is 17.3 Å². The monoisotopic (exact) mass is 315 g/mol. The van der Waals surface area contributed by atoms with Crippen molar-refractivity contribution in [2.45, 2.75) is 13.0 Å². The van der Waals surface area contributed by atoms with E-state index >= 15 is 0 Å². The highest BCUT2D eigenvalue weighted by atomic mass is 16.2. The Morgan fingerprint density at radius 2 is 1.91 bits per heavy atom. The van der Waals surface area contributed by atoms with Crippen molar-refractivity contribution in [3.8, 4) is 0 Å². The van der Waals surface area contributed by atoms with E-state index in [1.165, 1.54) is 11.0 Å². The molecule has 6 heteroatoms. The van der Waals surface area contributed by atoms with Gasteiger partial charge in [-0.25, -0.2) is 0 Å². The summed E-state index contributed by atoms with van der Waals surface area (Å²) in [7, 11) is 3.38. The predicted octanol–water partition coefficient (Wildman–Crippen LogP) is 1.14. The molecule has 0 saturated carbocycles. The summed E-state index contributed by atoms with van der Waals surface area (Å²) in [5.74, 6) is -0.463. The molecule has 1 atom stereocenters. The molecular weight excluding hydrogens is 294 g/mol. The van der Waals surface area contributed by atoms with E-state index in [0.29, 0.717) is 17.8 Å². The Kier molecular flexibility index (Phi) is 4.83. The molecule has 1 aliphatic heterocycles. The second-order valence-electron chi connectivity index (χ2n) is 5.70. The van der Waals surface area contributed by atoms with Gasteiger partial charge in [0, 0.05) is 37.9 Å². The standard InChI is InChI=1S/C17H21N3O3/c1-5-15(21)19(4)14-8-6-13(7-9-14)17(23)20-11-16(22)18(3)10-12(20)2/h5-9,12H,1,10-11H2,2-4H3. The fourth-order valence-electron chi connectivity index (χ4n) is 2.55. The Hall–Kier alpha value is -2.63. The summed E-state index contributed by atoms with van der Waals surface area (Å²) in [4.78, 5) is 40.6. The lowest BCUT2D eigenvalue weighted by molar-refractivity contribution is -0.135. The third kappa shape index (κ3) is 3.41. The van der Waals surface area contributed by atoms with Crippen LogP contribution >= 0.6 is 0 Å². The van der Waals surface area contributed by atoms with Crippen LogP contribution in [0.5, 0.6) is 0 Å². The summed E-state index contributed by atoms with van der Waals surface area (Å²) in [6.45, 7) is 5.99. The summed E-state index contributed by atoms with van der Waals surface area (Å²) in [5.41, 5.74) is 1.17. The van der Waals surface area contributed by atoms with Gasteiger partial charge in [0.15, 0.2) is 0 Å². The zero-order valence-corrected chi connectivity index (χ0v) is 13.7. The van der Waals surface area contributed by atoms with Crippen molar-refractivity contribution < 1.29 is 14.4 Å². The molecule has 0 bridgehead atoms. The van der Waals surface area contributed by atoms with Gasteiger partial charge in [-0.05, 0) is 37.3 Å². The first-order valence-corrected chi connectivity index (χ1v) is 7.40. The molecule has 23 heavy (non-hydrogen) atoms. The smallest absolute Gasteiger partial charge is 0.254 e. The summed E-state index contributed by atoms with van der Waals surface area (Å²) < 4.78 is 0. The van der Waals surface area contributed by atoms with Gasteiger partial charge < -0.3 is 14.7 Å². The molecule has 1 fully saturated rings. The molecule has 0 aliphatic carbocycles. The number of likely N-dealkylation sites (N-methyl/N-ethyl adjacent to an activating group) is 2. The number of anilines is 1. The molecule has 0 radical (unpaired) electrons. The number of amides is 3. The maximum absolute atomic E-state index is 12.6. The van der Waals surface area contributed by atoms with Gasteiger partial charge in [0.1, 0.15) is 6.54 Å². The van der Waals surface area contributed by atoms with Crippen LogP contribution in [0.15, 0.2) is 36.9 Å². The van der Waals surface area contributed by atoms with Gasteiger partial charge in [-0.15, -0.1) is 0 Å². The molecule has 0 aromatic heterocycles. The van der Waals surface area contributed by atoms with E-state index in [9.17, 15) is 14.4 Å². The SMILES string of the molecule is C=CC(=O)N(C)c1ccc(C(=O)N2CC(=O)N(C)CC2C)cc1. The number of rotatable bonds is 3. The van der Waals surface area contributed by atoms with Crippen molar-refractivity contribution in [3.63, 3.8) is 0 Å². The molecule has 0 spiro atoms. The second-order valence-corrected chi connectivity index (χ2v) is 5.70. The second kappa shape index (κ2) is 6.64. The van der Waals surface area contributed by atoms with Crippen LogP contribution in [0.2, 0.25) is 0 Å². The highest BCUT2D eigenvalue weighted by molar-refractivity contribution is 6.01. The molecule has 2 rings (SSSR count). The van der Waals surface area contributed by atoms with Crippen LogP contribution in [0, 0.1) is 0 Å². The van der Waals surface area contributed by atoms with E-state index in [0.717, 1.165) is 0 Å². The van der Waals surface area contributed by atoms with Crippen LogP contribution in [-0.2, 0) is 9.59 Å². The number of piperazine rings is 1. The molecule has 1 aromatic rings. The lowest BCUT2D eigenvalue weighted by Gasteiger charge is -2.37. The largest absolute Gasteiger partial charge is 0.342 e. The van der Waals surface area contributed by atoms with Crippen molar-refractivity contribution in [2.24, 2.45) is 0 Å². The van der Waals surface area contributed by atoms with E-state index < -0.39 is 0 Å². The summed E-state index contributed by atoms with van der Waals surface area (Å²) in [6, 6.07) is 6.71. The van der Waals surface area contributed by atoms with Gasteiger partial charge >= 0.3 is 0 Å². The molecule has 1 unspecified atom stereocenters. The first kappa shape index (κ1) is 16.7. The molecule has 122 valence electrons. The van der Waals surface area contributed by atoms with Gasteiger partial charge in [0.25, 0.3) is 5.91 Å². The minimum atomic E-state index is -0.220. The maximum Gasteiger partial charge on any atom is 0.254 e. The normalized spacial score (nSPS) is 17.9. The quantitative estimate of drug-likeness (QED) is 0.786. The third-order valence-electron chi connectivity index (χ3n) is 4.07. The first-order chi connectivity index (χ1) is 10.8. The van der Waals surface area contributed by atoms with Crippen LogP contribution in [-0.4, -0.2) is 60.7 Å². The molecule has 0 N–H and O–H groups in total. The molecule has 1 saturated heterocycles. The van der Waals surface area contributed by atoms with Crippen molar-refractivity contribution in [1.29, 1.82) is 0 Å².